The molecule has 0 aliphatic carbocycles. The Bertz CT molecular complexity index is 379. The molecule has 0 saturated carbocycles. The van der Waals surface area contributed by atoms with Gasteiger partial charge in [0.15, 0.2) is 0 Å². The van der Waals surface area contributed by atoms with Gasteiger partial charge in [-0.2, -0.15) is 0 Å². The van der Waals surface area contributed by atoms with Crippen LogP contribution in [0.3, 0.4) is 0 Å². The van der Waals surface area contributed by atoms with E-state index in [9.17, 15) is 4.79 Å². The van der Waals surface area contributed by atoms with E-state index in [2.05, 4.69) is 5.32 Å². The minimum atomic E-state index is -0.0474. The fourth-order valence-corrected chi connectivity index (χ4v) is 1.71. The van der Waals surface area contributed by atoms with Crippen molar-refractivity contribution >= 4 is 29.1 Å². The second kappa shape index (κ2) is 6.12. The largest absolute Gasteiger partial charge is 0.350 e. The Hall–Kier alpha value is -0.730. The summed E-state index contributed by atoms with van der Waals surface area (Å²) in [5.41, 5.74) is 0.957. The van der Waals surface area contributed by atoms with Crippen molar-refractivity contribution in [1.29, 1.82) is 0 Å². The van der Waals surface area contributed by atoms with Gasteiger partial charge in [0, 0.05) is 6.42 Å². The molecule has 0 unspecified atom stereocenters. The quantitative estimate of drug-likeness (QED) is 0.871. The van der Waals surface area contributed by atoms with Crippen LogP contribution in [0.15, 0.2) is 18.2 Å². The summed E-state index contributed by atoms with van der Waals surface area (Å²) < 4.78 is 0. The maximum absolute atomic E-state index is 11.4. The van der Waals surface area contributed by atoms with Gasteiger partial charge in [0.05, 0.1) is 16.1 Å². The first kappa shape index (κ1) is 13.3. The number of hydrogen-bond donors (Lipinski definition) is 1. The fraction of sp³-hybridized carbons (Fsp3) is 0.417. The number of nitrogens with one attached hydrogen (secondary N) is 1. The van der Waals surface area contributed by atoms with Crippen molar-refractivity contribution in [2.45, 2.75) is 32.7 Å². The SMILES string of the molecule is CCCC(=O)N[C@@H](C)c1ccc(Cl)c(Cl)c1. The molecule has 1 N–H and O–H groups in total. The van der Waals surface area contributed by atoms with Crippen LogP contribution in [-0.2, 0) is 4.79 Å². The highest BCUT2D eigenvalue weighted by atomic mass is 35.5. The summed E-state index contributed by atoms with van der Waals surface area (Å²) in [7, 11) is 0. The fourth-order valence-electron chi connectivity index (χ4n) is 1.41. The van der Waals surface area contributed by atoms with Crippen LogP contribution < -0.4 is 5.32 Å². The molecule has 1 aromatic rings. The molecule has 0 heterocycles. The number of carbonyl (C=O) groups excluding carboxylic acids is 1. The van der Waals surface area contributed by atoms with E-state index in [0.29, 0.717) is 16.5 Å². The van der Waals surface area contributed by atoms with Gasteiger partial charge in [0.25, 0.3) is 0 Å². The number of carbonyl (C=O) groups is 1. The van der Waals surface area contributed by atoms with Crippen molar-refractivity contribution in [1.82, 2.24) is 5.32 Å². The molecule has 0 aromatic heterocycles. The van der Waals surface area contributed by atoms with Crippen LogP contribution in [0, 0.1) is 0 Å². The number of benzene rings is 1. The summed E-state index contributed by atoms with van der Waals surface area (Å²) in [6.07, 6.45) is 1.39. The van der Waals surface area contributed by atoms with Gasteiger partial charge in [0.2, 0.25) is 5.91 Å². The maximum atomic E-state index is 11.4. The Morgan fingerprint density at radius 3 is 2.62 bits per heavy atom. The van der Waals surface area contributed by atoms with Crippen LogP contribution in [0.1, 0.15) is 38.3 Å². The van der Waals surface area contributed by atoms with Gasteiger partial charge in [-0.1, -0.05) is 36.2 Å². The normalized spacial score (nSPS) is 12.2. The third kappa shape index (κ3) is 3.69. The van der Waals surface area contributed by atoms with Gasteiger partial charge in [-0.3, -0.25) is 4.79 Å². The first-order chi connectivity index (χ1) is 7.54. The zero-order chi connectivity index (χ0) is 12.1. The third-order valence-electron chi connectivity index (χ3n) is 2.30. The highest BCUT2D eigenvalue weighted by Gasteiger charge is 2.10. The van der Waals surface area contributed by atoms with Crippen molar-refractivity contribution < 1.29 is 4.79 Å². The average Bonchev–Trinajstić information content (AvgIpc) is 2.22. The Morgan fingerprint density at radius 2 is 2.06 bits per heavy atom. The lowest BCUT2D eigenvalue weighted by Crippen LogP contribution is -2.26. The summed E-state index contributed by atoms with van der Waals surface area (Å²) in [5.74, 6) is 0.0565. The number of hydrogen-bond acceptors (Lipinski definition) is 1. The van der Waals surface area contributed by atoms with Crippen LogP contribution >= 0.6 is 23.2 Å². The van der Waals surface area contributed by atoms with Gasteiger partial charge in [-0.25, -0.2) is 0 Å². The summed E-state index contributed by atoms with van der Waals surface area (Å²) >= 11 is 11.7. The smallest absolute Gasteiger partial charge is 0.220 e. The second-order valence-electron chi connectivity index (χ2n) is 3.71. The van der Waals surface area contributed by atoms with E-state index < -0.39 is 0 Å². The molecule has 4 heteroatoms. The van der Waals surface area contributed by atoms with Gasteiger partial charge in [0.1, 0.15) is 0 Å². The molecule has 16 heavy (non-hydrogen) atoms. The molecule has 0 spiro atoms. The van der Waals surface area contributed by atoms with Gasteiger partial charge >= 0.3 is 0 Å². The average molecular weight is 260 g/mol. The summed E-state index contributed by atoms with van der Waals surface area (Å²) in [5, 5.41) is 3.94. The first-order valence-corrected chi connectivity index (χ1v) is 6.04. The standard InChI is InChI=1S/C12H15Cl2NO/c1-3-4-12(16)15-8(2)9-5-6-10(13)11(14)7-9/h5-8H,3-4H2,1-2H3,(H,15,16)/t8-/m0/s1. The van der Waals surface area contributed by atoms with Crippen LogP contribution in [0.5, 0.6) is 0 Å². The van der Waals surface area contributed by atoms with Crippen molar-refractivity contribution in [2.75, 3.05) is 0 Å². The Kier molecular flexibility index (Phi) is 5.10. The molecular formula is C12H15Cl2NO. The molecular weight excluding hydrogens is 245 g/mol. The van der Waals surface area contributed by atoms with Gasteiger partial charge < -0.3 is 5.32 Å². The molecule has 0 aliphatic heterocycles. The predicted octanol–water partition coefficient (Wildman–Crippen LogP) is 3.97. The van der Waals surface area contributed by atoms with E-state index >= 15 is 0 Å². The number of halogens is 2. The van der Waals surface area contributed by atoms with Crippen molar-refractivity contribution in [3.8, 4) is 0 Å². The minimum absolute atomic E-state index is 0.0474. The third-order valence-corrected chi connectivity index (χ3v) is 3.04. The Morgan fingerprint density at radius 1 is 1.38 bits per heavy atom. The second-order valence-corrected chi connectivity index (χ2v) is 4.53. The van der Waals surface area contributed by atoms with E-state index in [-0.39, 0.29) is 11.9 Å². The van der Waals surface area contributed by atoms with Crippen LogP contribution in [-0.4, -0.2) is 5.91 Å². The van der Waals surface area contributed by atoms with E-state index in [4.69, 9.17) is 23.2 Å². The molecule has 0 aliphatic rings. The molecule has 2 nitrogen and oxygen atoms in total. The Balaban J connectivity index is 2.69. The predicted molar refractivity (Wildman–Crippen MR) is 67.9 cm³/mol. The molecule has 1 aromatic carbocycles. The van der Waals surface area contributed by atoms with Crippen molar-refractivity contribution in [3.63, 3.8) is 0 Å². The Labute approximate surface area is 106 Å². The summed E-state index contributed by atoms with van der Waals surface area (Å²) in [6.45, 7) is 3.90. The molecule has 1 amide bonds. The summed E-state index contributed by atoms with van der Waals surface area (Å²) in [6, 6.07) is 5.34. The van der Waals surface area contributed by atoms with Crippen molar-refractivity contribution in [3.05, 3.63) is 33.8 Å². The van der Waals surface area contributed by atoms with E-state index in [1.807, 2.05) is 19.9 Å². The lowest BCUT2D eigenvalue weighted by Gasteiger charge is -2.14. The van der Waals surface area contributed by atoms with Crippen molar-refractivity contribution in [2.24, 2.45) is 0 Å². The van der Waals surface area contributed by atoms with Crippen LogP contribution in [0.2, 0.25) is 10.0 Å². The zero-order valence-electron chi connectivity index (χ0n) is 9.39. The van der Waals surface area contributed by atoms with E-state index in [1.54, 1.807) is 12.1 Å². The maximum Gasteiger partial charge on any atom is 0.220 e. The molecule has 0 bridgehead atoms. The molecule has 1 rings (SSSR count). The topological polar surface area (TPSA) is 29.1 Å². The van der Waals surface area contributed by atoms with Crippen LogP contribution in [0.25, 0.3) is 0 Å². The summed E-state index contributed by atoms with van der Waals surface area (Å²) in [4.78, 5) is 11.4. The first-order valence-electron chi connectivity index (χ1n) is 5.29. The molecule has 1 atom stereocenters. The van der Waals surface area contributed by atoms with Crippen LogP contribution in [0.4, 0.5) is 0 Å². The number of amides is 1. The van der Waals surface area contributed by atoms with Gasteiger partial charge in [-0.05, 0) is 31.0 Å². The van der Waals surface area contributed by atoms with E-state index in [1.165, 1.54) is 0 Å². The number of rotatable bonds is 4. The molecule has 88 valence electrons. The highest BCUT2D eigenvalue weighted by Crippen LogP contribution is 2.25. The molecule has 0 radical (unpaired) electrons. The lowest BCUT2D eigenvalue weighted by molar-refractivity contribution is -0.121. The van der Waals surface area contributed by atoms with E-state index in [0.717, 1.165) is 12.0 Å². The zero-order valence-corrected chi connectivity index (χ0v) is 10.9. The lowest BCUT2D eigenvalue weighted by atomic mass is 10.1. The highest BCUT2D eigenvalue weighted by molar-refractivity contribution is 6.42. The molecule has 0 saturated heterocycles. The minimum Gasteiger partial charge on any atom is -0.350 e. The monoisotopic (exact) mass is 259 g/mol. The molecule has 0 fully saturated rings. The van der Waals surface area contributed by atoms with Gasteiger partial charge in [-0.15, -0.1) is 0 Å².